The number of benzene rings is 1. The van der Waals surface area contributed by atoms with Gasteiger partial charge in [-0.3, -0.25) is 0 Å². The van der Waals surface area contributed by atoms with Crippen LogP contribution in [0.3, 0.4) is 0 Å². The zero-order valence-corrected chi connectivity index (χ0v) is 10.0. The molecule has 1 aliphatic carbocycles. The van der Waals surface area contributed by atoms with Gasteiger partial charge >= 0.3 is 0 Å². The Bertz CT molecular complexity index is 325. The van der Waals surface area contributed by atoms with Gasteiger partial charge in [-0.25, -0.2) is 0 Å². The van der Waals surface area contributed by atoms with Crippen molar-refractivity contribution in [3.05, 3.63) is 35.4 Å². The summed E-state index contributed by atoms with van der Waals surface area (Å²) < 4.78 is 5.07. The second-order valence-corrected chi connectivity index (χ2v) is 4.80. The SMILES string of the molecule is COCCc1ccc(C2(N)CCCC2)cc1. The molecule has 1 aromatic rings. The molecule has 2 heteroatoms. The molecule has 1 fully saturated rings. The molecule has 0 bridgehead atoms. The monoisotopic (exact) mass is 219 g/mol. The summed E-state index contributed by atoms with van der Waals surface area (Å²) >= 11 is 0. The van der Waals surface area contributed by atoms with Gasteiger partial charge in [-0.15, -0.1) is 0 Å². The first kappa shape index (κ1) is 11.6. The van der Waals surface area contributed by atoms with E-state index in [4.69, 9.17) is 10.5 Å². The predicted molar refractivity (Wildman–Crippen MR) is 66.4 cm³/mol. The molecular weight excluding hydrogens is 198 g/mol. The maximum Gasteiger partial charge on any atom is 0.0502 e. The highest BCUT2D eigenvalue weighted by molar-refractivity contribution is 5.29. The van der Waals surface area contributed by atoms with Gasteiger partial charge in [0.25, 0.3) is 0 Å². The summed E-state index contributed by atoms with van der Waals surface area (Å²) in [5.41, 5.74) is 8.97. The summed E-state index contributed by atoms with van der Waals surface area (Å²) in [7, 11) is 1.74. The Labute approximate surface area is 97.8 Å². The quantitative estimate of drug-likeness (QED) is 0.844. The highest BCUT2D eigenvalue weighted by Gasteiger charge is 2.30. The molecule has 0 amide bonds. The van der Waals surface area contributed by atoms with Crippen LogP contribution in [-0.4, -0.2) is 13.7 Å². The fraction of sp³-hybridized carbons (Fsp3) is 0.571. The van der Waals surface area contributed by atoms with Gasteiger partial charge in [-0.2, -0.15) is 0 Å². The molecule has 0 radical (unpaired) electrons. The van der Waals surface area contributed by atoms with Gasteiger partial charge in [0.1, 0.15) is 0 Å². The summed E-state index contributed by atoms with van der Waals surface area (Å²) in [6, 6.07) is 8.75. The average molecular weight is 219 g/mol. The van der Waals surface area contributed by atoms with Gasteiger partial charge < -0.3 is 10.5 Å². The maximum atomic E-state index is 6.41. The van der Waals surface area contributed by atoms with E-state index in [1.165, 1.54) is 24.0 Å². The van der Waals surface area contributed by atoms with Crippen LogP contribution in [0.4, 0.5) is 0 Å². The van der Waals surface area contributed by atoms with Crippen LogP contribution < -0.4 is 5.73 Å². The standard InChI is InChI=1S/C14H21NO/c1-16-11-8-12-4-6-13(7-5-12)14(15)9-2-3-10-14/h4-7H,2-3,8-11,15H2,1H3. The van der Waals surface area contributed by atoms with E-state index in [0.717, 1.165) is 25.9 Å². The van der Waals surface area contributed by atoms with Crippen LogP contribution in [0.15, 0.2) is 24.3 Å². The van der Waals surface area contributed by atoms with Crippen LogP contribution >= 0.6 is 0 Å². The normalized spacial score (nSPS) is 18.9. The Kier molecular flexibility index (Phi) is 3.62. The molecule has 1 aliphatic rings. The Hall–Kier alpha value is -0.860. The Morgan fingerprint density at radius 2 is 1.81 bits per heavy atom. The number of ether oxygens (including phenoxy) is 1. The van der Waals surface area contributed by atoms with E-state index in [1.54, 1.807) is 7.11 Å². The molecule has 88 valence electrons. The molecular formula is C14H21NO. The molecule has 0 atom stereocenters. The highest BCUT2D eigenvalue weighted by atomic mass is 16.5. The summed E-state index contributed by atoms with van der Waals surface area (Å²) in [6.45, 7) is 0.785. The highest BCUT2D eigenvalue weighted by Crippen LogP contribution is 2.36. The first-order chi connectivity index (χ1) is 7.74. The van der Waals surface area contributed by atoms with Crippen molar-refractivity contribution in [2.45, 2.75) is 37.6 Å². The van der Waals surface area contributed by atoms with Gasteiger partial charge in [0.2, 0.25) is 0 Å². The number of hydrogen-bond acceptors (Lipinski definition) is 2. The predicted octanol–water partition coefficient (Wildman–Crippen LogP) is 2.60. The lowest BCUT2D eigenvalue weighted by molar-refractivity contribution is 0.202. The van der Waals surface area contributed by atoms with Crippen molar-refractivity contribution in [2.75, 3.05) is 13.7 Å². The molecule has 2 N–H and O–H groups in total. The van der Waals surface area contributed by atoms with Gasteiger partial charge in [0.05, 0.1) is 6.61 Å². The lowest BCUT2D eigenvalue weighted by atomic mass is 9.89. The van der Waals surface area contributed by atoms with Crippen LogP contribution in [-0.2, 0) is 16.7 Å². The number of nitrogens with two attached hydrogens (primary N) is 1. The molecule has 1 saturated carbocycles. The van der Waals surface area contributed by atoms with Gasteiger partial charge in [0.15, 0.2) is 0 Å². The second kappa shape index (κ2) is 4.98. The van der Waals surface area contributed by atoms with Crippen LogP contribution in [0.25, 0.3) is 0 Å². The maximum absolute atomic E-state index is 6.41. The molecule has 0 spiro atoms. The van der Waals surface area contributed by atoms with E-state index in [-0.39, 0.29) is 5.54 Å². The van der Waals surface area contributed by atoms with E-state index < -0.39 is 0 Å². The molecule has 0 unspecified atom stereocenters. The molecule has 0 aliphatic heterocycles. The van der Waals surface area contributed by atoms with Gasteiger partial charge in [-0.05, 0) is 30.4 Å². The third kappa shape index (κ3) is 2.45. The van der Waals surface area contributed by atoms with Crippen molar-refractivity contribution in [2.24, 2.45) is 5.73 Å². The first-order valence-electron chi connectivity index (χ1n) is 6.12. The van der Waals surface area contributed by atoms with Crippen molar-refractivity contribution in [1.29, 1.82) is 0 Å². The summed E-state index contributed by atoms with van der Waals surface area (Å²) in [6.07, 6.45) is 5.77. The fourth-order valence-corrected chi connectivity index (χ4v) is 2.52. The molecule has 0 aromatic heterocycles. The topological polar surface area (TPSA) is 35.2 Å². The van der Waals surface area contributed by atoms with Gasteiger partial charge in [0, 0.05) is 12.6 Å². The second-order valence-electron chi connectivity index (χ2n) is 4.80. The van der Waals surface area contributed by atoms with E-state index in [0.29, 0.717) is 0 Å². The van der Waals surface area contributed by atoms with Crippen LogP contribution in [0.5, 0.6) is 0 Å². The average Bonchev–Trinajstić information content (AvgIpc) is 2.75. The zero-order chi connectivity index (χ0) is 11.4. The van der Waals surface area contributed by atoms with E-state index in [2.05, 4.69) is 24.3 Å². The molecule has 0 saturated heterocycles. The van der Waals surface area contributed by atoms with E-state index in [9.17, 15) is 0 Å². The van der Waals surface area contributed by atoms with Crippen molar-refractivity contribution in [3.63, 3.8) is 0 Å². The third-order valence-electron chi connectivity index (χ3n) is 3.62. The first-order valence-corrected chi connectivity index (χ1v) is 6.12. The molecule has 1 aromatic carbocycles. The fourth-order valence-electron chi connectivity index (χ4n) is 2.52. The van der Waals surface area contributed by atoms with Crippen molar-refractivity contribution < 1.29 is 4.74 Å². The van der Waals surface area contributed by atoms with Crippen LogP contribution in [0.1, 0.15) is 36.8 Å². The van der Waals surface area contributed by atoms with Crippen molar-refractivity contribution >= 4 is 0 Å². The van der Waals surface area contributed by atoms with E-state index in [1.807, 2.05) is 0 Å². The van der Waals surface area contributed by atoms with Crippen molar-refractivity contribution in [1.82, 2.24) is 0 Å². The molecule has 2 rings (SSSR count). The number of hydrogen-bond donors (Lipinski definition) is 1. The Morgan fingerprint density at radius 1 is 1.19 bits per heavy atom. The summed E-state index contributed by atoms with van der Waals surface area (Å²) in [5, 5.41) is 0. The summed E-state index contributed by atoms with van der Waals surface area (Å²) in [5.74, 6) is 0. The number of rotatable bonds is 4. The number of methoxy groups -OCH3 is 1. The van der Waals surface area contributed by atoms with Gasteiger partial charge in [-0.1, -0.05) is 37.1 Å². The minimum absolute atomic E-state index is 0.0558. The summed E-state index contributed by atoms with van der Waals surface area (Å²) in [4.78, 5) is 0. The molecule has 2 nitrogen and oxygen atoms in total. The smallest absolute Gasteiger partial charge is 0.0502 e. The largest absolute Gasteiger partial charge is 0.384 e. The van der Waals surface area contributed by atoms with Crippen LogP contribution in [0, 0.1) is 0 Å². The molecule has 0 heterocycles. The van der Waals surface area contributed by atoms with Crippen LogP contribution in [0.2, 0.25) is 0 Å². The Morgan fingerprint density at radius 3 is 2.38 bits per heavy atom. The lowest BCUT2D eigenvalue weighted by Crippen LogP contribution is -2.32. The minimum Gasteiger partial charge on any atom is -0.384 e. The minimum atomic E-state index is -0.0558. The molecule has 16 heavy (non-hydrogen) atoms. The van der Waals surface area contributed by atoms with Crippen molar-refractivity contribution in [3.8, 4) is 0 Å². The zero-order valence-electron chi connectivity index (χ0n) is 10.0. The van der Waals surface area contributed by atoms with E-state index >= 15 is 0 Å². The third-order valence-corrected chi connectivity index (χ3v) is 3.62. The Balaban J connectivity index is 2.06. The lowest BCUT2D eigenvalue weighted by Gasteiger charge is -2.24.